The van der Waals surface area contributed by atoms with Crippen LogP contribution in [-0.2, 0) is 5.41 Å². The summed E-state index contributed by atoms with van der Waals surface area (Å²) in [6.45, 7) is 4.73. The van der Waals surface area contributed by atoms with E-state index >= 15 is 0 Å². The normalized spacial score (nSPS) is 13.8. The molecule has 12 rings (SSSR count). The Hall–Kier alpha value is -7.20. The van der Waals surface area contributed by atoms with E-state index in [9.17, 15) is 0 Å². The average Bonchev–Trinajstić information content (AvgIpc) is 3.84. The van der Waals surface area contributed by atoms with E-state index in [1.807, 2.05) is 11.3 Å². The van der Waals surface area contributed by atoms with Gasteiger partial charge in [-0.1, -0.05) is 166 Å². The van der Waals surface area contributed by atoms with Crippen LogP contribution in [0.3, 0.4) is 0 Å². The lowest BCUT2D eigenvalue weighted by Crippen LogP contribution is -2.18. The second-order valence-electron chi connectivity index (χ2n) is 16.9. The summed E-state index contributed by atoms with van der Waals surface area (Å²) in [5.41, 5.74) is 17.3. The van der Waals surface area contributed by atoms with Crippen molar-refractivity contribution in [3.05, 3.63) is 215 Å². The number of aromatic nitrogens is 1. The van der Waals surface area contributed by atoms with Crippen molar-refractivity contribution >= 4 is 78.1 Å². The molecule has 0 atom stereocenters. The van der Waals surface area contributed by atoms with Gasteiger partial charge in [-0.05, 0) is 106 Å². The predicted octanol–water partition coefficient (Wildman–Crippen LogP) is 14.6. The molecule has 3 heteroatoms. The minimum Gasteiger partial charge on any atom is -0.310 e. The Labute approximate surface area is 359 Å². The third-order valence-electron chi connectivity index (χ3n) is 13.0. The molecule has 2 nitrogen and oxygen atoms in total. The molecule has 61 heavy (non-hydrogen) atoms. The quantitative estimate of drug-likeness (QED) is 0.163. The number of rotatable bonds is 6. The lowest BCUT2D eigenvalue weighted by Gasteiger charge is -2.28. The average molecular weight is 799 g/mol. The first-order chi connectivity index (χ1) is 30.0. The van der Waals surface area contributed by atoms with Crippen molar-refractivity contribution in [1.29, 1.82) is 0 Å². The topological polar surface area (TPSA) is 8.17 Å². The molecule has 8 aromatic carbocycles. The fourth-order valence-corrected chi connectivity index (χ4v) is 11.1. The van der Waals surface area contributed by atoms with E-state index in [1.54, 1.807) is 0 Å². The summed E-state index contributed by atoms with van der Waals surface area (Å²) in [5.74, 6) is 0. The number of hydrogen-bond donors (Lipinski definition) is 0. The largest absolute Gasteiger partial charge is 0.310 e. The van der Waals surface area contributed by atoms with Crippen molar-refractivity contribution < 1.29 is 0 Å². The molecular weight excluding hydrogens is 757 g/mol. The minimum atomic E-state index is -0.101. The number of hydrogen-bond acceptors (Lipinski definition) is 2. The molecule has 10 aromatic rings. The number of thiophene rings is 1. The highest BCUT2D eigenvalue weighted by Crippen LogP contribution is 2.51. The first-order valence-corrected chi connectivity index (χ1v) is 22.0. The summed E-state index contributed by atoms with van der Waals surface area (Å²) >= 11 is 1.90. The van der Waals surface area contributed by atoms with Crippen LogP contribution in [0.15, 0.2) is 194 Å². The third-order valence-corrected chi connectivity index (χ3v) is 14.2. The van der Waals surface area contributed by atoms with Gasteiger partial charge in [0.05, 0.1) is 11.0 Å². The highest BCUT2D eigenvalue weighted by Gasteiger charge is 2.35. The molecule has 0 bridgehead atoms. The van der Waals surface area contributed by atoms with Gasteiger partial charge in [-0.2, -0.15) is 0 Å². The third kappa shape index (κ3) is 5.76. The summed E-state index contributed by atoms with van der Waals surface area (Å²) in [5, 5.41) is 5.11. The Morgan fingerprint density at radius 1 is 0.475 bits per heavy atom. The number of allylic oxidation sites excluding steroid dienone is 2. The summed E-state index contributed by atoms with van der Waals surface area (Å²) in [6, 6.07) is 69.3. The van der Waals surface area contributed by atoms with Gasteiger partial charge in [-0.15, -0.1) is 11.3 Å². The molecule has 2 aliphatic rings. The Bertz CT molecular complexity index is 3510. The summed E-state index contributed by atoms with van der Waals surface area (Å²) in [7, 11) is 0. The van der Waals surface area contributed by atoms with Crippen LogP contribution in [0.5, 0.6) is 0 Å². The minimum absolute atomic E-state index is 0.101. The second-order valence-corrected chi connectivity index (χ2v) is 18.0. The smallest absolute Gasteiger partial charge is 0.0547 e. The van der Waals surface area contributed by atoms with Crippen molar-refractivity contribution in [2.24, 2.45) is 0 Å². The highest BCUT2D eigenvalue weighted by atomic mass is 32.1. The van der Waals surface area contributed by atoms with E-state index in [0.29, 0.717) is 0 Å². The van der Waals surface area contributed by atoms with Crippen LogP contribution in [0, 0.1) is 0 Å². The molecule has 0 radical (unpaired) electrons. The van der Waals surface area contributed by atoms with E-state index in [0.717, 1.165) is 23.5 Å². The molecule has 0 unspecified atom stereocenters. The molecule has 2 aromatic heterocycles. The van der Waals surface area contributed by atoms with Crippen LogP contribution in [-0.4, -0.2) is 4.57 Å². The van der Waals surface area contributed by atoms with Crippen LogP contribution in [0.1, 0.15) is 31.4 Å². The van der Waals surface area contributed by atoms with Crippen LogP contribution < -0.4 is 14.7 Å². The summed E-state index contributed by atoms with van der Waals surface area (Å²) < 4.78 is 5.08. The maximum atomic E-state index is 2.48. The Morgan fingerprint density at radius 3 is 1.90 bits per heavy atom. The molecule has 290 valence electrons. The van der Waals surface area contributed by atoms with E-state index in [2.05, 4.69) is 230 Å². The Morgan fingerprint density at radius 2 is 1.08 bits per heavy atom. The molecular formula is C58H42N2S. The second kappa shape index (κ2) is 13.9. The van der Waals surface area contributed by atoms with Gasteiger partial charge in [0.25, 0.3) is 0 Å². The van der Waals surface area contributed by atoms with Gasteiger partial charge in [0.2, 0.25) is 0 Å². The first-order valence-electron chi connectivity index (χ1n) is 21.2. The van der Waals surface area contributed by atoms with E-state index < -0.39 is 0 Å². The van der Waals surface area contributed by atoms with E-state index in [1.165, 1.54) is 91.8 Å². The van der Waals surface area contributed by atoms with Gasteiger partial charge in [-0.3, -0.25) is 0 Å². The zero-order chi connectivity index (χ0) is 40.7. The van der Waals surface area contributed by atoms with Crippen LogP contribution in [0.4, 0.5) is 17.1 Å². The zero-order valence-corrected chi connectivity index (χ0v) is 35.0. The molecule has 2 aliphatic carbocycles. The number of fused-ring (bicyclic) bond motifs is 9. The number of nitrogens with zero attached hydrogens (tertiary/aromatic N) is 2. The molecule has 0 aliphatic heterocycles. The lowest BCUT2D eigenvalue weighted by atomic mass is 9.82. The van der Waals surface area contributed by atoms with Gasteiger partial charge in [0.1, 0.15) is 0 Å². The van der Waals surface area contributed by atoms with Gasteiger partial charge < -0.3 is 9.47 Å². The highest BCUT2D eigenvalue weighted by molar-refractivity contribution is 7.17. The maximum absolute atomic E-state index is 2.48. The van der Waals surface area contributed by atoms with Crippen LogP contribution in [0.25, 0.3) is 83.1 Å². The van der Waals surface area contributed by atoms with Crippen molar-refractivity contribution in [2.75, 3.05) is 4.90 Å². The lowest BCUT2D eigenvalue weighted by molar-refractivity contribution is 0.660. The van der Waals surface area contributed by atoms with Crippen LogP contribution in [0.2, 0.25) is 0 Å². The van der Waals surface area contributed by atoms with Gasteiger partial charge in [0, 0.05) is 58.8 Å². The number of benzene rings is 8. The van der Waals surface area contributed by atoms with Crippen molar-refractivity contribution in [2.45, 2.75) is 25.7 Å². The van der Waals surface area contributed by atoms with E-state index in [4.69, 9.17) is 0 Å². The molecule has 2 heterocycles. The summed E-state index contributed by atoms with van der Waals surface area (Å²) in [6.07, 6.45) is 8.09. The molecule has 0 saturated heterocycles. The van der Waals surface area contributed by atoms with Crippen molar-refractivity contribution in [1.82, 2.24) is 4.57 Å². The van der Waals surface area contributed by atoms with Gasteiger partial charge >= 0.3 is 0 Å². The molecule has 0 spiro atoms. The van der Waals surface area contributed by atoms with Crippen molar-refractivity contribution in [3.63, 3.8) is 0 Å². The molecule has 0 amide bonds. The zero-order valence-electron chi connectivity index (χ0n) is 34.1. The standard InChI is InChI=1S/C58H42N2S/c1-58(2)52-21-11-9-19-46(52)47-32-29-44(36-53(47)58)59(42-27-24-40(25-28-42)38-14-5-3-6-15-38)45-30-33-50-51-35-43(18-13-23-56(51)61-57(50)37-45)60-54-22-12-10-20-48(54)49-31-26-41(34-55(49)60)39-16-7-4-8-17-39/h3-12,14-37H,13H2,1-2H3. The monoisotopic (exact) mass is 798 g/mol. The first kappa shape index (κ1) is 35.7. The van der Waals surface area contributed by atoms with E-state index in [-0.39, 0.29) is 5.41 Å². The van der Waals surface area contributed by atoms with Gasteiger partial charge in [-0.25, -0.2) is 0 Å². The van der Waals surface area contributed by atoms with Crippen molar-refractivity contribution in [3.8, 4) is 33.4 Å². The maximum Gasteiger partial charge on any atom is 0.0547 e. The Balaban J connectivity index is 1.00. The molecule has 0 N–H and O–H groups in total. The Kier molecular flexibility index (Phi) is 8.16. The fourth-order valence-electron chi connectivity index (χ4n) is 9.98. The summed E-state index contributed by atoms with van der Waals surface area (Å²) in [4.78, 5) is 2.44. The van der Waals surface area contributed by atoms with Gasteiger partial charge in [0.15, 0.2) is 0 Å². The number of para-hydroxylation sites is 1. The molecule has 0 fully saturated rings. The SMILES string of the molecule is CC1(C)c2ccccc2-c2ccc(N(c3ccc(-c4ccccc4)cc3)c3ccc4c5c(sc4c3)=CCC=C(n3c4ccccc4c4ccc(-c6ccccc6)cc43)C=5)cc21. The number of anilines is 3. The molecule has 0 saturated carbocycles. The fraction of sp³-hybridized carbons (Fsp3) is 0.0690. The van der Waals surface area contributed by atoms with Crippen LogP contribution >= 0.6 is 11.3 Å². The predicted molar refractivity (Wildman–Crippen MR) is 261 cm³/mol.